The fourth-order valence-corrected chi connectivity index (χ4v) is 3.78. The summed E-state index contributed by atoms with van der Waals surface area (Å²) in [5.74, 6) is 0.678. The predicted molar refractivity (Wildman–Crippen MR) is 93.3 cm³/mol. The van der Waals surface area contributed by atoms with E-state index >= 15 is 0 Å². The van der Waals surface area contributed by atoms with Gasteiger partial charge in [0.1, 0.15) is 9.98 Å². The molecular weight excluding hydrogens is 298 g/mol. The van der Waals surface area contributed by atoms with E-state index in [9.17, 15) is 0 Å². The number of aryl methyl sites for hydroxylation is 1. The van der Waals surface area contributed by atoms with Crippen molar-refractivity contribution in [3.63, 3.8) is 0 Å². The van der Waals surface area contributed by atoms with Crippen molar-refractivity contribution in [1.82, 2.24) is 4.98 Å². The van der Waals surface area contributed by atoms with Gasteiger partial charge in [0.25, 0.3) is 0 Å². The lowest BCUT2D eigenvalue weighted by Crippen LogP contribution is -1.93. The molecular formula is C18H18ClNS. The van der Waals surface area contributed by atoms with Crippen molar-refractivity contribution in [2.75, 3.05) is 0 Å². The maximum atomic E-state index is 6.18. The molecule has 0 fully saturated rings. The number of thiophene rings is 1. The van der Waals surface area contributed by atoms with Crippen molar-refractivity contribution in [2.45, 2.75) is 27.2 Å². The van der Waals surface area contributed by atoms with Crippen molar-refractivity contribution >= 4 is 33.2 Å². The normalized spacial score (nSPS) is 11.5. The number of nitrogens with zero attached hydrogens (tertiary/aromatic N) is 1. The van der Waals surface area contributed by atoms with Gasteiger partial charge in [0, 0.05) is 10.3 Å². The molecule has 108 valence electrons. The minimum absolute atomic E-state index is 0.561. The molecule has 3 rings (SSSR count). The van der Waals surface area contributed by atoms with Gasteiger partial charge in [-0.05, 0) is 48.1 Å². The Morgan fingerprint density at radius 2 is 1.86 bits per heavy atom. The Hall–Kier alpha value is -1.38. The molecule has 2 heterocycles. The van der Waals surface area contributed by atoms with Crippen molar-refractivity contribution < 1.29 is 0 Å². The highest BCUT2D eigenvalue weighted by Gasteiger charge is 2.10. The van der Waals surface area contributed by atoms with Crippen LogP contribution in [0.25, 0.3) is 21.3 Å². The van der Waals surface area contributed by atoms with Crippen molar-refractivity contribution in [1.29, 1.82) is 0 Å². The van der Waals surface area contributed by atoms with Gasteiger partial charge >= 0.3 is 0 Å². The predicted octanol–water partition coefficient (Wildman–Crippen LogP) is 6.12. The van der Waals surface area contributed by atoms with Gasteiger partial charge in [-0.25, -0.2) is 4.98 Å². The Balaban J connectivity index is 2.07. The maximum Gasteiger partial charge on any atom is 0.131 e. The fourth-order valence-electron chi connectivity index (χ4n) is 2.63. The molecule has 0 radical (unpaired) electrons. The van der Waals surface area contributed by atoms with Gasteiger partial charge in [0.05, 0.1) is 0 Å². The number of halogens is 1. The molecule has 0 amide bonds. The number of hydrogen-bond acceptors (Lipinski definition) is 2. The zero-order valence-electron chi connectivity index (χ0n) is 12.5. The van der Waals surface area contributed by atoms with Crippen LogP contribution in [-0.4, -0.2) is 4.98 Å². The fraction of sp³-hybridized carbons (Fsp3) is 0.278. The lowest BCUT2D eigenvalue weighted by molar-refractivity contribution is 0.647. The van der Waals surface area contributed by atoms with Crippen LogP contribution in [0, 0.1) is 12.8 Å². The van der Waals surface area contributed by atoms with E-state index in [2.05, 4.69) is 56.1 Å². The molecule has 0 N–H and O–H groups in total. The first-order chi connectivity index (χ1) is 10.0. The van der Waals surface area contributed by atoms with Crippen LogP contribution < -0.4 is 0 Å². The smallest absolute Gasteiger partial charge is 0.131 e. The summed E-state index contributed by atoms with van der Waals surface area (Å²) in [7, 11) is 0. The molecule has 0 aliphatic rings. The lowest BCUT2D eigenvalue weighted by Gasteiger charge is -2.08. The first-order valence-corrected chi connectivity index (χ1v) is 8.38. The highest BCUT2D eigenvalue weighted by atomic mass is 35.5. The largest absolute Gasteiger partial charge is 0.225 e. The first-order valence-electron chi connectivity index (χ1n) is 7.19. The summed E-state index contributed by atoms with van der Waals surface area (Å²) in [4.78, 5) is 6.70. The molecule has 1 aromatic carbocycles. The van der Waals surface area contributed by atoms with Crippen molar-refractivity contribution in [2.24, 2.45) is 5.92 Å². The average Bonchev–Trinajstić information content (AvgIpc) is 2.78. The number of pyridine rings is 1. The molecule has 0 saturated heterocycles. The van der Waals surface area contributed by atoms with Crippen LogP contribution in [-0.2, 0) is 6.42 Å². The van der Waals surface area contributed by atoms with E-state index in [4.69, 9.17) is 11.6 Å². The number of benzene rings is 1. The average molecular weight is 316 g/mol. The summed E-state index contributed by atoms with van der Waals surface area (Å²) in [5, 5.41) is 1.75. The van der Waals surface area contributed by atoms with E-state index < -0.39 is 0 Å². The first kappa shape index (κ1) is 14.6. The molecule has 0 aliphatic carbocycles. The van der Waals surface area contributed by atoms with E-state index in [-0.39, 0.29) is 0 Å². The van der Waals surface area contributed by atoms with Crippen LogP contribution in [0.4, 0.5) is 0 Å². The van der Waals surface area contributed by atoms with Gasteiger partial charge in [-0.3, -0.25) is 0 Å². The Kier molecular flexibility index (Phi) is 4.01. The summed E-state index contributed by atoms with van der Waals surface area (Å²) in [6.07, 6.45) is 1.12. The van der Waals surface area contributed by atoms with Crippen LogP contribution in [0.15, 0.2) is 36.4 Å². The highest BCUT2D eigenvalue weighted by molar-refractivity contribution is 7.18. The SMILES string of the molecule is Cc1cc2c(-c3ccc(CC(C)C)cc3)cc(Cl)nc2s1. The molecule has 3 aromatic rings. The quantitative estimate of drug-likeness (QED) is 0.530. The molecule has 0 atom stereocenters. The molecule has 1 nitrogen and oxygen atoms in total. The summed E-state index contributed by atoms with van der Waals surface area (Å²) < 4.78 is 0. The van der Waals surface area contributed by atoms with Crippen LogP contribution >= 0.6 is 22.9 Å². The number of aromatic nitrogens is 1. The zero-order chi connectivity index (χ0) is 15.0. The van der Waals surface area contributed by atoms with Crippen LogP contribution in [0.2, 0.25) is 5.15 Å². The van der Waals surface area contributed by atoms with Gasteiger partial charge in [-0.1, -0.05) is 49.7 Å². The molecule has 0 saturated carbocycles. The molecule has 2 aromatic heterocycles. The Morgan fingerprint density at radius 3 is 2.52 bits per heavy atom. The van der Waals surface area contributed by atoms with Gasteiger partial charge in [0.2, 0.25) is 0 Å². The minimum Gasteiger partial charge on any atom is -0.225 e. The maximum absolute atomic E-state index is 6.18. The third-order valence-corrected chi connectivity index (χ3v) is 4.64. The zero-order valence-corrected chi connectivity index (χ0v) is 14.1. The van der Waals surface area contributed by atoms with Gasteiger partial charge < -0.3 is 0 Å². The standard InChI is InChI=1S/C18H18ClNS/c1-11(2)8-13-4-6-14(7-5-13)15-10-17(19)20-18-16(15)9-12(3)21-18/h4-7,9-11H,8H2,1-3H3. The van der Waals surface area contributed by atoms with E-state index in [1.165, 1.54) is 27.0 Å². The number of rotatable bonds is 3. The van der Waals surface area contributed by atoms with E-state index in [1.807, 2.05) is 6.07 Å². The Morgan fingerprint density at radius 1 is 1.14 bits per heavy atom. The highest BCUT2D eigenvalue weighted by Crippen LogP contribution is 2.34. The third-order valence-electron chi connectivity index (χ3n) is 3.51. The summed E-state index contributed by atoms with van der Waals surface area (Å²) in [6.45, 7) is 6.60. The van der Waals surface area contributed by atoms with Gasteiger partial charge in [-0.15, -0.1) is 11.3 Å². The van der Waals surface area contributed by atoms with E-state index in [0.717, 1.165) is 11.3 Å². The second-order valence-corrected chi connectivity index (χ2v) is 7.49. The molecule has 0 aliphatic heterocycles. The number of fused-ring (bicyclic) bond motifs is 1. The van der Waals surface area contributed by atoms with Gasteiger partial charge in [0.15, 0.2) is 0 Å². The Bertz CT molecular complexity index is 772. The molecule has 3 heteroatoms. The molecule has 0 unspecified atom stereocenters. The second-order valence-electron chi connectivity index (χ2n) is 5.86. The monoisotopic (exact) mass is 315 g/mol. The van der Waals surface area contributed by atoms with Crippen LogP contribution in [0.3, 0.4) is 0 Å². The number of hydrogen-bond donors (Lipinski definition) is 0. The summed E-state index contributed by atoms with van der Waals surface area (Å²) in [6, 6.07) is 13.0. The Labute approximate surface area is 134 Å². The van der Waals surface area contributed by atoms with Gasteiger partial charge in [-0.2, -0.15) is 0 Å². The van der Waals surface area contributed by atoms with E-state index in [0.29, 0.717) is 11.1 Å². The summed E-state index contributed by atoms with van der Waals surface area (Å²) >= 11 is 7.87. The molecule has 0 bridgehead atoms. The molecule has 21 heavy (non-hydrogen) atoms. The van der Waals surface area contributed by atoms with Crippen LogP contribution in [0.5, 0.6) is 0 Å². The van der Waals surface area contributed by atoms with Crippen molar-refractivity contribution in [3.8, 4) is 11.1 Å². The van der Waals surface area contributed by atoms with Crippen LogP contribution in [0.1, 0.15) is 24.3 Å². The summed E-state index contributed by atoms with van der Waals surface area (Å²) in [5.41, 5.74) is 3.76. The lowest BCUT2D eigenvalue weighted by atomic mass is 9.98. The topological polar surface area (TPSA) is 12.9 Å². The van der Waals surface area contributed by atoms with E-state index in [1.54, 1.807) is 11.3 Å². The molecule has 0 spiro atoms. The third kappa shape index (κ3) is 3.12. The van der Waals surface area contributed by atoms with Crippen molar-refractivity contribution in [3.05, 3.63) is 52.0 Å². The minimum atomic E-state index is 0.561. The second kappa shape index (κ2) is 5.78.